The molecule has 0 spiro atoms. The van der Waals surface area contributed by atoms with Crippen molar-refractivity contribution in [2.24, 2.45) is 0 Å². The van der Waals surface area contributed by atoms with E-state index in [-0.39, 0.29) is 4.88 Å². The van der Waals surface area contributed by atoms with Gasteiger partial charge >= 0.3 is 5.97 Å². The van der Waals surface area contributed by atoms with E-state index in [0.29, 0.717) is 22.0 Å². The van der Waals surface area contributed by atoms with Crippen LogP contribution in [0.4, 0.5) is 0 Å². The maximum atomic E-state index is 11.0. The Morgan fingerprint density at radius 3 is 2.94 bits per heavy atom. The number of methoxy groups -OCH3 is 1. The van der Waals surface area contributed by atoms with Crippen LogP contribution in [0.5, 0.6) is 5.75 Å². The van der Waals surface area contributed by atoms with E-state index in [1.807, 2.05) is 0 Å². The van der Waals surface area contributed by atoms with Crippen LogP contribution in [0.2, 0.25) is 5.02 Å². The number of ether oxygens (including phenoxy) is 1. The molecule has 0 saturated carbocycles. The Labute approximate surface area is 106 Å². The molecule has 1 N–H and O–H groups in total. The number of hydrogen-bond donors (Lipinski definition) is 1. The van der Waals surface area contributed by atoms with Gasteiger partial charge in [-0.25, -0.2) is 9.78 Å². The first-order valence-corrected chi connectivity index (χ1v) is 5.90. The Kier molecular flexibility index (Phi) is 3.31. The van der Waals surface area contributed by atoms with E-state index in [1.54, 1.807) is 18.2 Å². The minimum absolute atomic E-state index is 0.172. The van der Waals surface area contributed by atoms with Gasteiger partial charge < -0.3 is 9.84 Å². The number of rotatable bonds is 3. The summed E-state index contributed by atoms with van der Waals surface area (Å²) in [7, 11) is 1.51. The van der Waals surface area contributed by atoms with Crippen molar-refractivity contribution in [3.8, 4) is 17.0 Å². The van der Waals surface area contributed by atoms with Crippen LogP contribution in [-0.2, 0) is 0 Å². The first-order chi connectivity index (χ1) is 8.13. The second-order valence-corrected chi connectivity index (χ2v) is 4.47. The van der Waals surface area contributed by atoms with Crippen molar-refractivity contribution >= 4 is 28.9 Å². The molecule has 0 amide bonds. The van der Waals surface area contributed by atoms with Gasteiger partial charge in [0.15, 0.2) is 0 Å². The summed E-state index contributed by atoms with van der Waals surface area (Å²) in [5.74, 6) is -0.465. The van der Waals surface area contributed by atoms with Gasteiger partial charge in [-0.15, -0.1) is 11.3 Å². The zero-order valence-electron chi connectivity index (χ0n) is 8.81. The van der Waals surface area contributed by atoms with Gasteiger partial charge in [0, 0.05) is 10.6 Å². The Hall–Kier alpha value is -1.59. The zero-order valence-corrected chi connectivity index (χ0v) is 10.4. The van der Waals surface area contributed by atoms with Gasteiger partial charge in [-0.1, -0.05) is 11.6 Å². The second-order valence-electron chi connectivity index (χ2n) is 3.18. The Bertz CT molecular complexity index is 568. The highest BCUT2D eigenvalue weighted by atomic mass is 35.5. The molecular formula is C11H8ClNO3S. The summed E-state index contributed by atoms with van der Waals surface area (Å²) in [6.45, 7) is 0. The molecule has 1 aromatic heterocycles. The summed E-state index contributed by atoms with van der Waals surface area (Å²) >= 11 is 6.96. The number of carboxylic acids is 1. The fourth-order valence-corrected chi connectivity index (χ4v) is 2.27. The SMILES string of the molecule is COc1ccc(Cl)cc1-c1ncsc1C(=O)O. The average Bonchev–Trinajstić information content (AvgIpc) is 2.77. The standard InChI is InChI=1S/C11H8ClNO3S/c1-16-8-3-2-6(12)4-7(8)9-10(11(14)15)17-5-13-9/h2-5H,1H3,(H,14,15). The Balaban J connectivity index is 2.63. The summed E-state index contributed by atoms with van der Waals surface area (Å²) in [6, 6.07) is 5.00. The van der Waals surface area contributed by atoms with Gasteiger partial charge in [-0.05, 0) is 18.2 Å². The Morgan fingerprint density at radius 2 is 2.29 bits per heavy atom. The van der Waals surface area contributed by atoms with E-state index in [4.69, 9.17) is 21.4 Å². The molecule has 17 heavy (non-hydrogen) atoms. The molecule has 1 heterocycles. The smallest absolute Gasteiger partial charge is 0.348 e. The van der Waals surface area contributed by atoms with Crippen molar-refractivity contribution < 1.29 is 14.6 Å². The van der Waals surface area contributed by atoms with Crippen LogP contribution >= 0.6 is 22.9 Å². The third-order valence-electron chi connectivity index (χ3n) is 2.18. The van der Waals surface area contributed by atoms with Crippen molar-refractivity contribution in [1.82, 2.24) is 4.98 Å². The third kappa shape index (κ3) is 2.25. The van der Waals surface area contributed by atoms with Gasteiger partial charge in [0.2, 0.25) is 0 Å². The third-order valence-corrected chi connectivity index (χ3v) is 3.23. The number of halogens is 1. The van der Waals surface area contributed by atoms with E-state index in [9.17, 15) is 4.79 Å². The van der Waals surface area contributed by atoms with E-state index < -0.39 is 5.97 Å². The number of thiazole rings is 1. The molecule has 0 aliphatic rings. The second kappa shape index (κ2) is 4.73. The quantitative estimate of drug-likeness (QED) is 0.930. The molecule has 0 radical (unpaired) electrons. The fraction of sp³-hybridized carbons (Fsp3) is 0.0909. The maximum Gasteiger partial charge on any atom is 0.348 e. The highest BCUT2D eigenvalue weighted by Gasteiger charge is 2.18. The fourth-order valence-electron chi connectivity index (χ4n) is 1.46. The number of hydrogen-bond acceptors (Lipinski definition) is 4. The van der Waals surface area contributed by atoms with Crippen molar-refractivity contribution in [2.75, 3.05) is 7.11 Å². The first-order valence-electron chi connectivity index (χ1n) is 4.64. The van der Waals surface area contributed by atoms with E-state index >= 15 is 0 Å². The highest BCUT2D eigenvalue weighted by molar-refractivity contribution is 7.12. The van der Waals surface area contributed by atoms with Crippen LogP contribution in [0, 0.1) is 0 Å². The maximum absolute atomic E-state index is 11.0. The molecule has 0 aliphatic heterocycles. The molecule has 0 atom stereocenters. The molecule has 0 aliphatic carbocycles. The van der Waals surface area contributed by atoms with E-state index in [0.717, 1.165) is 11.3 Å². The molecule has 0 bridgehead atoms. The largest absolute Gasteiger partial charge is 0.496 e. The van der Waals surface area contributed by atoms with Crippen LogP contribution in [0.3, 0.4) is 0 Å². The summed E-state index contributed by atoms with van der Waals surface area (Å²) in [5, 5.41) is 9.55. The monoisotopic (exact) mass is 269 g/mol. The van der Waals surface area contributed by atoms with E-state index in [2.05, 4.69) is 4.98 Å². The number of carbonyl (C=O) groups is 1. The molecule has 2 aromatic rings. The minimum Gasteiger partial charge on any atom is -0.496 e. The summed E-state index contributed by atoms with van der Waals surface area (Å²) in [4.78, 5) is 15.3. The van der Waals surface area contributed by atoms with Crippen LogP contribution in [0.25, 0.3) is 11.3 Å². The van der Waals surface area contributed by atoms with Crippen molar-refractivity contribution in [1.29, 1.82) is 0 Å². The lowest BCUT2D eigenvalue weighted by Gasteiger charge is -2.07. The number of aromatic carboxylic acids is 1. The summed E-state index contributed by atoms with van der Waals surface area (Å²) < 4.78 is 5.17. The van der Waals surface area contributed by atoms with Gasteiger partial charge in [0.1, 0.15) is 10.6 Å². The molecule has 4 nitrogen and oxygen atoms in total. The number of benzene rings is 1. The molecule has 0 saturated heterocycles. The first kappa shape index (κ1) is 11.9. The van der Waals surface area contributed by atoms with Crippen molar-refractivity contribution in [2.45, 2.75) is 0 Å². The lowest BCUT2D eigenvalue weighted by Crippen LogP contribution is -1.97. The lowest BCUT2D eigenvalue weighted by molar-refractivity contribution is 0.0702. The molecule has 88 valence electrons. The van der Waals surface area contributed by atoms with Gasteiger partial charge in [-0.2, -0.15) is 0 Å². The van der Waals surface area contributed by atoms with E-state index in [1.165, 1.54) is 12.6 Å². The van der Waals surface area contributed by atoms with Gasteiger partial charge in [0.25, 0.3) is 0 Å². The predicted octanol–water partition coefficient (Wildman–Crippen LogP) is 3.17. The molecule has 2 rings (SSSR count). The van der Waals surface area contributed by atoms with Crippen molar-refractivity contribution in [3.05, 3.63) is 33.6 Å². The Morgan fingerprint density at radius 1 is 1.53 bits per heavy atom. The molecule has 6 heteroatoms. The summed E-state index contributed by atoms with van der Waals surface area (Å²) in [5.41, 5.74) is 2.44. The van der Waals surface area contributed by atoms with Crippen LogP contribution in [0.1, 0.15) is 9.67 Å². The molecule has 1 aromatic carbocycles. The van der Waals surface area contributed by atoms with Crippen LogP contribution in [0.15, 0.2) is 23.7 Å². The topological polar surface area (TPSA) is 59.4 Å². The van der Waals surface area contributed by atoms with Gasteiger partial charge in [0.05, 0.1) is 18.3 Å². The van der Waals surface area contributed by atoms with Crippen molar-refractivity contribution in [3.63, 3.8) is 0 Å². The molecule has 0 unspecified atom stereocenters. The molecular weight excluding hydrogens is 262 g/mol. The predicted molar refractivity (Wildman–Crippen MR) is 66.1 cm³/mol. The van der Waals surface area contributed by atoms with Crippen LogP contribution < -0.4 is 4.74 Å². The summed E-state index contributed by atoms with van der Waals surface area (Å²) in [6.07, 6.45) is 0. The van der Waals surface area contributed by atoms with Crippen LogP contribution in [-0.4, -0.2) is 23.2 Å². The zero-order chi connectivity index (χ0) is 12.4. The normalized spacial score (nSPS) is 10.2. The lowest BCUT2D eigenvalue weighted by atomic mass is 10.1. The number of nitrogens with zero attached hydrogens (tertiary/aromatic N) is 1. The minimum atomic E-state index is -1.01. The molecule has 0 fully saturated rings. The number of carboxylic acid groups (broad SMARTS) is 1. The highest BCUT2D eigenvalue weighted by Crippen LogP contribution is 2.34. The number of aromatic nitrogens is 1. The van der Waals surface area contributed by atoms with Gasteiger partial charge in [-0.3, -0.25) is 0 Å². The average molecular weight is 270 g/mol.